The van der Waals surface area contributed by atoms with Crippen molar-refractivity contribution in [1.29, 1.82) is 0 Å². The highest BCUT2D eigenvalue weighted by atomic mass is 32.2. The molecule has 1 fully saturated rings. The number of aliphatic hydroxyl groups excluding tert-OH is 6. The molecule has 3 rings (SSSR count). The van der Waals surface area contributed by atoms with Crippen LogP contribution in [0, 0.1) is 12.3 Å². The molecule has 0 radical (unpaired) electrons. The molecule has 0 aliphatic carbocycles. The molecule has 7 nitrogen and oxygen atoms in total. The van der Waals surface area contributed by atoms with Crippen LogP contribution in [0.2, 0.25) is 0 Å². The topological polar surface area (TPSA) is 131 Å². The molecule has 2 aromatic carbocycles. The van der Waals surface area contributed by atoms with Gasteiger partial charge in [-0.1, -0.05) is 55.3 Å². The lowest BCUT2D eigenvalue weighted by atomic mass is 9.85. The van der Waals surface area contributed by atoms with Gasteiger partial charge in [0.2, 0.25) is 0 Å². The Morgan fingerprint density at radius 3 is 2.08 bits per heavy atom. The monoisotopic (exact) mass is 534 g/mol. The lowest BCUT2D eigenvalue weighted by Crippen LogP contribution is -2.52. The van der Waals surface area contributed by atoms with Crippen molar-refractivity contribution in [3.05, 3.63) is 70.3 Å². The third-order valence-corrected chi connectivity index (χ3v) is 8.45. The standard InChI is InChI=1S/C29H42O7S/c1-19-7-12-22(27-25(34)24(33)26(35)28(36-27)37-2)15-23(19)14-21-10-8-20(9-11-21)6-4-3-5-13-29(16-30,17-31)18-32/h7-12,15,24-28,30-35H,3-6,13-14,16-18H2,1-2H3/t24-,25-,26+,27+,28-/m1/s1. The van der Waals surface area contributed by atoms with E-state index in [9.17, 15) is 30.6 Å². The average molecular weight is 535 g/mol. The van der Waals surface area contributed by atoms with Crippen LogP contribution in [0.25, 0.3) is 0 Å². The number of thioether (sulfide) groups is 1. The maximum absolute atomic E-state index is 10.6. The Morgan fingerprint density at radius 2 is 1.46 bits per heavy atom. The molecule has 6 N–H and O–H groups in total. The second-order valence-electron chi connectivity index (χ2n) is 10.3. The minimum absolute atomic E-state index is 0.207. The summed E-state index contributed by atoms with van der Waals surface area (Å²) in [5, 5.41) is 59.3. The Balaban J connectivity index is 1.57. The van der Waals surface area contributed by atoms with Gasteiger partial charge in [-0.3, -0.25) is 0 Å². The van der Waals surface area contributed by atoms with E-state index in [2.05, 4.69) is 24.3 Å². The first-order valence-electron chi connectivity index (χ1n) is 13.0. The zero-order chi connectivity index (χ0) is 27.0. The molecule has 0 bridgehead atoms. The highest BCUT2D eigenvalue weighted by Crippen LogP contribution is 2.36. The first-order valence-corrected chi connectivity index (χ1v) is 14.3. The van der Waals surface area contributed by atoms with E-state index in [1.54, 1.807) is 6.26 Å². The van der Waals surface area contributed by atoms with Crippen molar-refractivity contribution in [2.75, 3.05) is 26.1 Å². The van der Waals surface area contributed by atoms with Crippen LogP contribution >= 0.6 is 11.8 Å². The Hall–Kier alpha value is -1.49. The van der Waals surface area contributed by atoms with Gasteiger partial charge in [0, 0.05) is 5.41 Å². The first-order chi connectivity index (χ1) is 17.8. The first kappa shape index (κ1) is 30.1. The average Bonchev–Trinajstić information content (AvgIpc) is 2.92. The Kier molecular flexibility index (Phi) is 11.4. The van der Waals surface area contributed by atoms with Crippen molar-refractivity contribution in [3.8, 4) is 0 Å². The van der Waals surface area contributed by atoms with Crippen LogP contribution in [-0.2, 0) is 17.6 Å². The molecule has 206 valence electrons. The molecule has 0 saturated carbocycles. The Labute approximate surface area is 224 Å². The van der Waals surface area contributed by atoms with E-state index < -0.39 is 35.3 Å². The van der Waals surface area contributed by atoms with Gasteiger partial charge in [0.15, 0.2) is 0 Å². The number of rotatable bonds is 13. The van der Waals surface area contributed by atoms with E-state index in [1.807, 2.05) is 25.1 Å². The fraction of sp³-hybridized carbons (Fsp3) is 0.586. The molecule has 1 heterocycles. The van der Waals surface area contributed by atoms with Crippen molar-refractivity contribution >= 4 is 11.8 Å². The number of benzene rings is 2. The number of ether oxygens (including phenoxy) is 1. The van der Waals surface area contributed by atoms with Gasteiger partial charge in [-0.05, 0) is 66.7 Å². The Bertz CT molecular complexity index is 953. The molecule has 8 heteroatoms. The van der Waals surface area contributed by atoms with E-state index >= 15 is 0 Å². The summed E-state index contributed by atoms with van der Waals surface area (Å²) in [5.41, 5.74) is 4.05. The zero-order valence-corrected chi connectivity index (χ0v) is 22.6. The van der Waals surface area contributed by atoms with Crippen LogP contribution in [-0.4, -0.2) is 80.5 Å². The molecule has 0 aromatic heterocycles. The van der Waals surface area contributed by atoms with Crippen LogP contribution in [0.15, 0.2) is 42.5 Å². The van der Waals surface area contributed by atoms with Gasteiger partial charge >= 0.3 is 0 Å². The second kappa shape index (κ2) is 14.1. The van der Waals surface area contributed by atoms with E-state index in [0.717, 1.165) is 48.8 Å². The van der Waals surface area contributed by atoms with Crippen molar-refractivity contribution in [1.82, 2.24) is 0 Å². The minimum Gasteiger partial charge on any atom is -0.396 e. The van der Waals surface area contributed by atoms with Crippen molar-refractivity contribution in [2.45, 2.75) is 75.3 Å². The van der Waals surface area contributed by atoms with Gasteiger partial charge in [-0.2, -0.15) is 0 Å². The molecule has 1 aliphatic heterocycles. The van der Waals surface area contributed by atoms with Gasteiger partial charge in [-0.15, -0.1) is 11.8 Å². The maximum atomic E-state index is 10.6. The highest BCUT2D eigenvalue weighted by Gasteiger charge is 2.44. The van der Waals surface area contributed by atoms with Gasteiger partial charge in [0.1, 0.15) is 29.9 Å². The van der Waals surface area contributed by atoms with Crippen molar-refractivity contribution < 1.29 is 35.4 Å². The molecule has 1 saturated heterocycles. The smallest absolute Gasteiger partial charge is 0.132 e. The lowest BCUT2D eigenvalue weighted by molar-refractivity contribution is -0.200. The summed E-state index contributed by atoms with van der Waals surface area (Å²) in [5.74, 6) is 0. The molecular weight excluding hydrogens is 492 g/mol. The third-order valence-electron chi connectivity index (χ3n) is 7.60. The van der Waals surface area contributed by atoms with Crippen molar-refractivity contribution in [3.63, 3.8) is 0 Å². The molecular formula is C29H42O7S. The van der Waals surface area contributed by atoms with Gasteiger partial charge in [0.25, 0.3) is 0 Å². The van der Waals surface area contributed by atoms with Gasteiger partial charge < -0.3 is 35.4 Å². The van der Waals surface area contributed by atoms with Crippen molar-refractivity contribution in [2.24, 2.45) is 5.41 Å². The van der Waals surface area contributed by atoms with Crippen LogP contribution in [0.3, 0.4) is 0 Å². The summed E-state index contributed by atoms with van der Waals surface area (Å²) < 4.78 is 5.94. The largest absolute Gasteiger partial charge is 0.396 e. The maximum Gasteiger partial charge on any atom is 0.132 e. The minimum atomic E-state index is -1.27. The second-order valence-corrected chi connectivity index (χ2v) is 11.3. The number of aliphatic hydroxyl groups is 6. The number of unbranched alkanes of at least 4 members (excludes halogenated alkanes) is 2. The summed E-state index contributed by atoms with van der Waals surface area (Å²) in [7, 11) is 0. The Morgan fingerprint density at radius 1 is 0.811 bits per heavy atom. The predicted molar refractivity (Wildman–Crippen MR) is 145 cm³/mol. The predicted octanol–water partition coefficient (Wildman–Crippen LogP) is 2.50. The summed E-state index contributed by atoms with van der Waals surface area (Å²) in [6.07, 6.45) is 2.57. The number of aryl methyl sites for hydroxylation is 2. The summed E-state index contributed by atoms with van der Waals surface area (Å²) in [4.78, 5) is 0. The summed E-state index contributed by atoms with van der Waals surface area (Å²) >= 11 is 1.31. The zero-order valence-electron chi connectivity index (χ0n) is 21.8. The van der Waals surface area contributed by atoms with Crippen LogP contribution in [0.4, 0.5) is 0 Å². The van der Waals surface area contributed by atoms with Crippen LogP contribution in [0.5, 0.6) is 0 Å². The third kappa shape index (κ3) is 7.55. The molecule has 5 atom stereocenters. The summed E-state index contributed by atoms with van der Waals surface area (Å²) in [6, 6.07) is 14.5. The van der Waals surface area contributed by atoms with Crippen LogP contribution in [0.1, 0.15) is 59.6 Å². The number of hydrogen-bond acceptors (Lipinski definition) is 8. The normalized spacial score (nSPS) is 24.4. The van der Waals surface area contributed by atoms with E-state index in [1.165, 1.54) is 22.9 Å². The fourth-order valence-corrected chi connectivity index (χ4v) is 5.48. The van der Waals surface area contributed by atoms with Gasteiger partial charge in [-0.25, -0.2) is 0 Å². The van der Waals surface area contributed by atoms with Gasteiger partial charge in [0.05, 0.1) is 19.8 Å². The molecule has 0 spiro atoms. The van der Waals surface area contributed by atoms with E-state index in [-0.39, 0.29) is 19.8 Å². The SMILES string of the molecule is CS[C@H]1O[C@@H](c2ccc(C)c(Cc3ccc(CCCCCC(CO)(CO)CO)cc3)c2)[C@H](O)[C@@H](O)[C@@H]1O. The fourth-order valence-electron chi connectivity index (χ4n) is 4.81. The highest BCUT2D eigenvalue weighted by molar-refractivity contribution is 7.99. The molecule has 1 aliphatic rings. The molecule has 37 heavy (non-hydrogen) atoms. The van der Waals surface area contributed by atoms with Crippen LogP contribution < -0.4 is 0 Å². The molecule has 0 unspecified atom stereocenters. The quantitative estimate of drug-likeness (QED) is 0.216. The molecule has 0 amide bonds. The lowest BCUT2D eigenvalue weighted by Gasteiger charge is -2.40. The number of hydrogen-bond donors (Lipinski definition) is 6. The summed E-state index contributed by atoms with van der Waals surface area (Å²) in [6.45, 7) is 1.43. The molecule has 2 aromatic rings. The van der Waals surface area contributed by atoms with E-state index in [4.69, 9.17) is 4.74 Å². The van der Waals surface area contributed by atoms with E-state index in [0.29, 0.717) is 6.42 Å².